The lowest BCUT2D eigenvalue weighted by atomic mass is 10.0. The monoisotopic (exact) mass is 232 g/mol. The Morgan fingerprint density at radius 1 is 1.47 bits per heavy atom. The van der Waals surface area contributed by atoms with Gasteiger partial charge in [-0.25, -0.2) is 4.98 Å². The van der Waals surface area contributed by atoms with Gasteiger partial charge in [0, 0.05) is 18.7 Å². The van der Waals surface area contributed by atoms with E-state index in [-0.39, 0.29) is 5.56 Å². The van der Waals surface area contributed by atoms with Crippen LogP contribution in [0.25, 0.3) is 5.88 Å². The van der Waals surface area contributed by atoms with Crippen molar-refractivity contribution in [3.8, 4) is 5.88 Å². The molecule has 0 atom stereocenters. The first-order valence-electron chi connectivity index (χ1n) is 5.71. The highest BCUT2D eigenvalue weighted by atomic mass is 16.4. The molecule has 0 saturated carbocycles. The SMILES string of the molecule is Cc1ncc(-n2cccc(CC(C)C)c2=O)o1. The average molecular weight is 232 g/mol. The van der Waals surface area contributed by atoms with E-state index in [0.717, 1.165) is 12.0 Å². The Morgan fingerprint density at radius 2 is 2.24 bits per heavy atom. The second-order valence-corrected chi connectivity index (χ2v) is 4.52. The van der Waals surface area contributed by atoms with Gasteiger partial charge in [-0.2, -0.15) is 0 Å². The minimum Gasteiger partial charge on any atom is -0.425 e. The molecule has 0 aliphatic rings. The summed E-state index contributed by atoms with van der Waals surface area (Å²) < 4.78 is 6.86. The fraction of sp³-hybridized carbons (Fsp3) is 0.385. The van der Waals surface area contributed by atoms with Crippen molar-refractivity contribution in [1.29, 1.82) is 0 Å². The quantitative estimate of drug-likeness (QED) is 0.816. The Hall–Kier alpha value is -1.84. The van der Waals surface area contributed by atoms with E-state index in [1.54, 1.807) is 19.3 Å². The molecule has 0 unspecified atom stereocenters. The fourth-order valence-electron chi connectivity index (χ4n) is 1.77. The fourth-order valence-corrected chi connectivity index (χ4v) is 1.77. The van der Waals surface area contributed by atoms with Crippen LogP contribution in [0, 0.1) is 12.8 Å². The summed E-state index contributed by atoms with van der Waals surface area (Å²) in [6.07, 6.45) is 4.04. The van der Waals surface area contributed by atoms with Crippen molar-refractivity contribution in [3.05, 3.63) is 46.3 Å². The molecule has 90 valence electrons. The van der Waals surface area contributed by atoms with Crippen LogP contribution in [0.4, 0.5) is 0 Å². The van der Waals surface area contributed by atoms with E-state index in [4.69, 9.17) is 4.42 Å². The van der Waals surface area contributed by atoms with Gasteiger partial charge in [0.05, 0.1) is 6.20 Å². The van der Waals surface area contributed by atoms with Gasteiger partial charge in [-0.1, -0.05) is 19.9 Å². The second kappa shape index (κ2) is 4.57. The first-order chi connectivity index (χ1) is 8.08. The zero-order valence-electron chi connectivity index (χ0n) is 10.3. The van der Waals surface area contributed by atoms with Crippen LogP contribution in [0.3, 0.4) is 0 Å². The maximum Gasteiger partial charge on any atom is 0.260 e. The number of rotatable bonds is 3. The van der Waals surface area contributed by atoms with E-state index in [0.29, 0.717) is 17.7 Å². The third kappa shape index (κ3) is 2.46. The third-order valence-electron chi connectivity index (χ3n) is 2.50. The largest absolute Gasteiger partial charge is 0.425 e. The Bertz CT molecular complexity index is 567. The summed E-state index contributed by atoms with van der Waals surface area (Å²) in [4.78, 5) is 16.2. The van der Waals surface area contributed by atoms with Gasteiger partial charge in [-0.3, -0.25) is 9.36 Å². The molecule has 0 bridgehead atoms. The van der Waals surface area contributed by atoms with Gasteiger partial charge in [-0.05, 0) is 18.4 Å². The molecular formula is C13H16N2O2. The second-order valence-electron chi connectivity index (χ2n) is 4.52. The van der Waals surface area contributed by atoms with Gasteiger partial charge < -0.3 is 4.42 Å². The van der Waals surface area contributed by atoms with Crippen molar-refractivity contribution in [2.24, 2.45) is 5.92 Å². The van der Waals surface area contributed by atoms with E-state index in [1.807, 2.05) is 12.1 Å². The van der Waals surface area contributed by atoms with E-state index in [1.165, 1.54) is 4.57 Å². The minimum absolute atomic E-state index is 0.0302. The first-order valence-corrected chi connectivity index (χ1v) is 5.71. The van der Waals surface area contributed by atoms with Gasteiger partial charge in [0.2, 0.25) is 5.88 Å². The van der Waals surface area contributed by atoms with Crippen LogP contribution >= 0.6 is 0 Å². The maximum absolute atomic E-state index is 12.2. The molecule has 0 amide bonds. The summed E-state index contributed by atoms with van der Waals surface area (Å²) in [6, 6.07) is 3.72. The molecular weight excluding hydrogens is 216 g/mol. The van der Waals surface area contributed by atoms with Crippen molar-refractivity contribution in [1.82, 2.24) is 9.55 Å². The molecule has 0 aliphatic carbocycles. The number of hydrogen-bond donors (Lipinski definition) is 0. The number of pyridine rings is 1. The molecule has 0 saturated heterocycles. The van der Waals surface area contributed by atoms with Crippen molar-refractivity contribution in [3.63, 3.8) is 0 Å². The summed E-state index contributed by atoms with van der Waals surface area (Å²) >= 11 is 0. The molecule has 0 fully saturated rings. The molecule has 17 heavy (non-hydrogen) atoms. The van der Waals surface area contributed by atoms with Gasteiger partial charge in [0.25, 0.3) is 5.56 Å². The highest BCUT2D eigenvalue weighted by Gasteiger charge is 2.09. The number of nitrogens with zero attached hydrogens (tertiary/aromatic N) is 2. The van der Waals surface area contributed by atoms with Crippen LogP contribution < -0.4 is 5.56 Å². The normalized spacial score (nSPS) is 11.1. The number of aromatic nitrogens is 2. The molecule has 0 aromatic carbocycles. The molecule has 2 rings (SSSR count). The van der Waals surface area contributed by atoms with Gasteiger partial charge in [0.1, 0.15) is 0 Å². The van der Waals surface area contributed by atoms with Crippen LogP contribution in [0.15, 0.2) is 33.7 Å². The predicted octanol–water partition coefficient (Wildman–Crippen LogP) is 2.33. The lowest BCUT2D eigenvalue weighted by Gasteiger charge is -2.06. The van der Waals surface area contributed by atoms with Crippen molar-refractivity contribution in [2.75, 3.05) is 0 Å². The zero-order valence-corrected chi connectivity index (χ0v) is 10.3. The van der Waals surface area contributed by atoms with Crippen molar-refractivity contribution < 1.29 is 4.42 Å². The number of hydrogen-bond acceptors (Lipinski definition) is 3. The molecule has 0 aliphatic heterocycles. The lowest BCUT2D eigenvalue weighted by molar-refractivity contribution is 0.495. The highest BCUT2D eigenvalue weighted by Crippen LogP contribution is 2.08. The van der Waals surface area contributed by atoms with Gasteiger partial charge in [0.15, 0.2) is 5.89 Å². The summed E-state index contributed by atoms with van der Waals surface area (Å²) in [5.41, 5.74) is 0.772. The Balaban J connectivity index is 2.46. The predicted molar refractivity (Wildman–Crippen MR) is 65.4 cm³/mol. The molecule has 2 heterocycles. The summed E-state index contributed by atoms with van der Waals surface area (Å²) in [5, 5.41) is 0. The molecule has 0 radical (unpaired) electrons. The van der Waals surface area contributed by atoms with Gasteiger partial charge >= 0.3 is 0 Å². The molecule has 0 N–H and O–H groups in total. The van der Waals surface area contributed by atoms with Crippen molar-refractivity contribution >= 4 is 0 Å². The Kier molecular flexibility index (Phi) is 3.13. The van der Waals surface area contributed by atoms with Crippen LogP contribution in [0.1, 0.15) is 25.3 Å². The molecule has 2 aromatic heterocycles. The van der Waals surface area contributed by atoms with Crippen LogP contribution in [-0.2, 0) is 6.42 Å². The summed E-state index contributed by atoms with van der Waals surface area (Å²) in [7, 11) is 0. The van der Waals surface area contributed by atoms with Crippen molar-refractivity contribution in [2.45, 2.75) is 27.2 Å². The topological polar surface area (TPSA) is 48.0 Å². The number of aryl methyl sites for hydroxylation is 1. The smallest absolute Gasteiger partial charge is 0.260 e. The van der Waals surface area contributed by atoms with Crippen LogP contribution in [-0.4, -0.2) is 9.55 Å². The van der Waals surface area contributed by atoms with E-state index in [9.17, 15) is 4.79 Å². The minimum atomic E-state index is -0.0302. The summed E-state index contributed by atoms with van der Waals surface area (Å²) in [5.74, 6) is 1.48. The maximum atomic E-state index is 12.2. The molecule has 4 nitrogen and oxygen atoms in total. The Morgan fingerprint density at radius 3 is 2.82 bits per heavy atom. The Labute approximate surface area is 99.9 Å². The van der Waals surface area contributed by atoms with E-state index in [2.05, 4.69) is 18.8 Å². The highest BCUT2D eigenvalue weighted by molar-refractivity contribution is 5.21. The average Bonchev–Trinajstić information content (AvgIpc) is 2.67. The zero-order chi connectivity index (χ0) is 12.4. The number of oxazole rings is 1. The first kappa shape index (κ1) is 11.6. The van der Waals surface area contributed by atoms with Crippen LogP contribution in [0.2, 0.25) is 0 Å². The molecule has 0 spiro atoms. The molecule has 2 aromatic rings. The van der Waals surface area contributed by atoms with E-state index >= 15 is 0 Å². The standard InChI is InChI=1S/C13H16N2O2/c1-9(2)7-11-5-4-6-15(13(11)16)12-8-14-10(3)17-12/h4-6,8-9H,7H2,1-3H3. The van der Waals surface area contributed by atoms with Gasteiger partial charge in [-0.15, -0.1) is 0 Å². The molecule has 4 heteroatoms. The lowest BCUT2D eigenvalue weighted by Crippen LogP contribution is -2.22. The van der Waals surface area contributed by atoms with Crippen LogP contribution in [0.5, 0.6) is 0 Å². The summed E-state index contributed by atoms with van der Waals surface area (Å²) in [6.45, 7) is 5.94. The third-order valence-corrected chi connectivity index (χ3v) is 2.50. The van der Waals surface area contributed by atoms with E-state index < -0.39 is 0 Å².